The summed E-state index contributed by atoms with van der Waals surface area (Å²) >= 11 is 1.62. The summed E-state index contributed by atoms with van der Waals surface area (Å²) in [6.45, 7) is 7.13. The molecule has 1 aliphatic rings. The Hall–Kier alpha value is -0.950. The van der Waals surface area contributed by atoms with Gasteiger partial charge in [-0.25, -0.2) is 0 Å². The van der Waals surface area contributed by atoms with Crippen LogP contribution in [0.1, 0.15) is 45.8 Å². The summed E-state index contributed by atoms with van der Waals surface area (Å²) in [5.41, 5.74) is 0.778. The molecule has 1 aromatic rings. The zero-order valence-corrected chi connectivity index (χ0v) is 16.9. The first-order valence-corrected chi connectivity index (χ1v) is 9.34. The molecule has 0 radical (unpaired) electrons. The number of piperidine rings is 1. The van der Waals surface area contributed by atoms with Gasteiger partial charge < -0.3 is 15.4 Å². The minimum Gasteiger partial charge on any atom is -0.384 e. The van der Waals surface area contributed by atoms with Gasteiger partial charge in [-0.3, -0.25) is 9.59 Å². The molecule has 0 aliphatic carbocycles. The topological polar surface area (TPSA) is 67.4 Å². The Kier molecular flexibility index (Phi) is 9.07. The summed E-state index contributed by atoms with van der Waals surface area (Å²) < 4.78 is 5.36. The second-order valence-electron chi connectivity index (χ2n) is 6.71. The molecule has 5 nitrogen and oxygen atoms in total. The maximum absolute atomic E-state index is 12.3. The number of hydrogen-bond donors (Lipinski definition) is 2. The van der Waals surface area contributed by atoms with Crippen molar-refractivity contribution in [2.24, 2.45) is 5.41 Å². The van der Waals surface area contributed by atoms with E-state index in [2.05, 4.69) is 10.6 Å². The number of halogens is 1. The smallest absolute Gasteiger partial charge is 0.220 e. The lowest BCUT2D eigenvalue weighted by molar-refractivity contribution is -0.122. The highest BCUT2D eigenvalue weighted by Gasteiger charge is 2.32. The molecule has 1 fully saturated rings. The third-order valence-corrected chi connectivity index (χ3v) is 5.66. The zero-order chi connectivity index (χ0) is 17.6. The number of thiophene rings is 1. The third kappa shape index (κ3) is 6.37. The van der Waals surface area contributed by atoms with E-state index in [1.54, 1.807) is 18.4 Å². The number of Topliss-reactive ketones (excluding diaryl/α,β-unsaturated/α-hetero) is 1. The predicted octanol–water partition coefficient (Wildman–Crippen LogP) is 2.88. The minimum atomic E-state index is -0.0537. The first-order chi connectivity index (χ1) is 11.5. The molecule has 0 unspecified atom stereocenters. The van der Waals surface area contributed by atoms with Crippen LogP contribution in [0.15, 0.2) is 6.07 Å². The molecular weight excluding hydrogens is 360 g/mol. The van der Waals surface area contributed by atoms with Gasteiger partial charge in [-0.2, -0.15) is 0 Å². The lowest BCUT2D eigenvalue weighted by Gasteiger charge is -2.37. The molecule has 1 aliphatic heterocycles. The van der Waals surface area contributed by atoms with E-state index in [-0.39, 0.29) is 42.4 Å². The molecule has 0 saturated carbocycles. The molecule has 0 atom stereocenters. The lowest BCUT2D eigenvalue weighted by Crippen LogP contribution is -2.47. The van der Waals surface area contributed by atoms with Gasteiger partial charge in [-0.15, -0.1) is 23.7 Å². The number of hydrogen-bond acceptors (Lipinski definition) is 5. The summed E-state index contributed by atoms with van der Waals surface area (Å²) in [6.07, 6.45) is 2.50. The van der Waals surface area contributed by atoms with Crippen molar-refractivity contribution in [2.75, 3.05) is 33.4 Å². The fourth-order valence-corrected chi connectivity index (χ4v) is 4.22. The minimum absolute atomic E-state index is 0. The zero-order valence-electron chi connectivity index (χ0n) is 15.3. The van der Waals surface area contributed by atoms with Gasteiger partial charge in [0.2, 0.25) is 5.91 Å². The van der Waals surface area contributed by atoms with Gasteiger partial charge in [0.1, 0.15) is 0 Å². The summed E-state index contributed by atoms with van der Waals surface area (Å²) in [6, 6.07) is 1.92. The Morgan fingerprint density at radius 3 is 2.52 bits per heavy atom. The molecule has 2 N–H and O–H groups in total. The highest BCUT2D eigenvalue weighted by molar-refractivity contribution is 7.12. The van der Waals surface area contributed by atoms with Crippen LogP contribution in [0, 0.1) is 19.3 Å². The molecule has 2 heterocycles. The van der Waals surface area contributed by atoms with Crippen LogP contribution in [0.5, 0.6) is 0 Å². The van der Waals surface area contributed by atoms with Crippen molar-refractivity contribution in [1.29, 1.82) is 0 Å². The van der Waals surface area contributed by atoms with E-state index >= 15 is 0 Å². The maximum atomic E-state index is 12.3. The number of ether oxygens (including phenoxy) is 1. The van der Waals surface area contributed by atoms with Crippen molar-refractivity contribution < 1.29 is 14.3 Å². The van der Waals surface area contributed by atoms with Crippen LogP contribution in [0.2, 0.25) is 0 Å². The second kappa shape index (κ2) is 10.3. The van der Waals surface area contributed by atoms with Crippen molar-refractivity contribution in [3.8, 4) is 0 Å². The Balaban J connectivity index is 0.00000312. The van der Waals surface area contributed by atoms with Crippen LogP contribution in [0.4, 0.5) is 0 Å². The van der Waals surface area contributed by atoms with E-state index in [1.165, 1.54) is 0 Å². The summed E-state index contributed by atoms with van der Waals surface area (Å²) in [7, 11) is 1.70. The fraction of sp³-hybridized carbons (Fsp3) is 0.667. The highest BCUT2D eigenvalue weighted by Crippen LogP contribution is 2.28. The maximum Gasteiger partial charge on any atom is 0.220 e. The fourth-order valence-electron chi connectivity index (χ4n) is 3.28. The lowest BCUT2D eigenvalue weighted by atomic mass is 9.79. The van der Waals surface area contributed by atoms with Gasteiger partial charge in [0, 0.05) is 47.2 Å². The standard InChI is InChI=1S/C18H28N2O3S.ClH/c1-13-10-15(14(2)24-13)16(21)4-5-17(22)20-11-18(12-23-3)6-8-19-9-7-18;/h10,19H,4-9,11-12H2,1-3H3,(H,20,22);1H. The van der Waals surface area contributed by atoms with Crippen molar-refractivity contribution in [2.45, 2.75) is 39.5 Å². The molecular formula is C18H29ClN2O3S. The molecule has 0 aromatic carbocycles. The van der Waals surface area contributed by atoms with Crippen molar-refractivity contribution >= 4 is 35.4 Å². The second-order valence-corrected chi connectivity index (χ2v) is 8.17. The average Bonchev–Trinajstić information content (AvgIpc) is 2.90. The van der Waals surface area contributed by atoms with E-state index in [9.17, 15) is 9.59 Å². The number of amides is 1. The van der Waals surface area contributed by atoms with Gasteiger partial charge in [-0.1, -0.05) is 0 Å². The Labute approximate surface area is 160 Å². The molecule has 2 rings (SSSR count). The molecule has 1 saturated heterocycles. The summed E-state index contributed by atoms with van der Waals surface area (Å²) in [4.78, 5) is 26.6. The van der Waals surface area contributed by atoms with Crippen molar-refractivity contribution in [1.82, 2.24) is 10.6 Å². The van der Waals surface area contributed by atoms with Crippen LogP contribution < -0.4 is 10.6 Å². The normalized spacial score (nSPS) is 16.1. The number of carbonyl (C=O) groups excluding carboxylic acids is 2. The first-order valence-electron chi connectivity index (χ1n) is 8.52. The number of aryl methyl sites for hydroxylation is 2. The third-order valence-electron chi connectivity index (χ3n) is 4.70. The molecule has 142 valence electrons. The quantitative estimate of drug-likeness (QED) is 0.672. The van der Waals surface area contributed by atoms with Crippen molar-refractivity contribution in [3.63, 3.8) is 0 Å². The van der Waals surface area contributed by atoms with Gasteiger partial charge in [0.05, 0.1) is 6.61 Å². The van der Waals surface area contributed by atoms with Crippen LogP contribution in [0.3, 0.4) is 0 Å². The number of carbonyl (C=O) groups is 2. The monoisotopic (exact) mass is 388 g/mol. The number of methoxy groups -OCH3 is 1. The van der Waals surface area contributed by atoms with E-state index < -0.39 is 0 Å². The molecule has 1 aromatic heterocycles. The van der Waals surface area contributed by atoms with Gasteiger partial charge in [-0.05, 0) is 45.8 Å². The predicted molar refractivity (Wildman–Crippen MR) is 104 cm³/mol. The largest absolute Gasteiger partial charge is 0.384 e. The van der Waals surface area contributed by atoms with Crippen LogP contribution >= 0.6 is 23.7 Å². The van der Waals surface area contributed by atoms with Crippen LogP contribution in [-0.2, 0) is 9.53 Å². The SMILES string of the molecule is COCC1(CNC(=O)CCC(=O)c2cc(C)sc2C)CCNCC1.Cl. The van der Waals surface area contributed by atoms with Crippen LogP contribution in [0.25, 0.3) is 0 Å². The van der Waals surface area contributed by atoms with Gasteiger partial charge >= 0.3 is 0 Å². The first kappa shape index (κ1) is 22.1. The molecule has 25 heavy (non-hydrogen) atoms. The van der Waals surface area contributed by atoms with E-state index in [4.69, 9.17) is 4.74 Å². The molecule has 0 bridgehead atoms. The Morgan fingerprint density at radius 1 is 1.28 bits per heavy atom. The van der Waals surface area contributed by atoms with Crippen LogP contribution in [-0.4, -0.2) is 45.0 Å². The van der Waals surface area contributed by atoms with E-state index in [0.29, 0.717) is 13.2 Å². The number of nitrogens with one attached hydrogen (secondary N) is 2. The van der Waals surface area contributed by atoms with E-state index in [1.807, 2.05) is 19.9 Å². The number of rotatable bonds is 8. The van der Waals surface area contributed by atoms with Gasteiger partial charge in [0.15, 0.2) is 5.78 Å². The van der Waals surface area contributed by atoms with Gasteiger partial charge in [0.25, 0.3) is 0 Å². The van der Waals surface area contributed by atoms with Crippen molar-refractivity contribution in [3.05, 3.63) is 21.4 Å². The average molecular weight is 389 g/mol. The molecule has 1 amide bonds. The Morgan fingerprint density at radius 2 is 1.96 bits per heavy atom. The Bertz CT molecular complexity index is 577. The summed E-state index contributed by atoms with van der Waals surface area (Å²) in [5, 5.41) is 6.35. The molecule has 0 spiro atoms. The molecule has 7 heteroatoms. The number of ketones is 1. The highest BCUT2D eigenvalue weighted by atomic mass is 35.5. The van der Waals surface area contributed by atoms with E-state index in [0.717, 1.165) is 41.2 Å². The summed E-state index contributed by atoms with van der Waals surface area (Å²) in [5.74, 6) is 0.00226.